The van der Waals surface area contributed by atoms with Crippen LogP contribution < -0.4 is 10.6 Å². The monoisotopic (exact) mass is 1050 g/mol. The zero-order valence-electron chi connectivity index (χ0n) is 45.6. The van der Waals surface area contributed by atoms with Crippen molar-refractivity contribution in [2.45, 2.75) is 85.5 Å². The van der Waals surface area contributed by atoms with E-state index in [0.29, 0.717) is 0 Å². The van der Waals surface area contributed by atoms with Gasteiger partial charge in [0, 0.05) is 37.8 Å². The van der Waals surface area contributed by atoms with Crippen LogP contribution in [0.1, 0.15) is 97.2 Å². The van der Waals surface area contributed by atoms with Crippen LogP contribution in [0.3, 0.4) is 0 Å². The first-order chi connectivity index (χ1) is 36.4. The molecule has 0 spiro atoms. The Kier molecular flexibility index (Phi) is 12.9. The van der Waals surface area contributed by atoms with E-state index in [1.54, 1.807) is 0 Å². The summed E-state index contributed by atoms with van der Waals surface area (Å²) in [5.74, 6) is 0. The van der Waals surface area contributed by atoms with Crippen molar-refractivity contribution in [2.75, 3.05) is 10.6 Å². The van der Waals surface area contributed by atoms with Crippen molar-refractivity contribution in [3.05, 3.63) is 272 Å². The Morgan fingerprint density at radius 2 is 0.632 bits per heavy atom. The van der Waals surface area contributed by atoms with Gasteiger partial charge in [-0.25, -0.2) is 0 Å². The average molecular weight is 1050 g/mol. The summed E-state index contributed by atoms with van der Waals surface area (Å²) in [6, 6.07) is 77.4. The second-order valence-electron chi connectivity index (χ2n) is 22.7. The number of aryl methyl sites for hydroxylation is 4. The fraction of sp³-hybridized carbons (Fsp3) is 0.178. The second kappa shape index (κ2) is 19.4. The number of halogens is 1. The first kappa shape index (κ1) is 50.4. The molecule has 0 radical (unpaired) electrons. The molecule has 76 heavy (non-hydrogen) atoms. The zero-order chi connectivity index (χ0) is 53.3. The lowest BCUT2D eigenvalue weighted by Crippen LogP contribution is -2.18. The van der Waals surface area contributed by atoms with E-state index in [2.05, 4.69) is 296 Å². The van der Waals surface area contributed by atoms with Crippen LogP contribution >= 0.6 is 15.9 Å². The Hall–Kier alpha value is -7.72. The van der Waals surface area contributed by atoms with Gasteiger partial charge in [0.05, 0.1) is 5.69 Å². The van der Waals surface area contributed by atoms with Crippen molar-refractivity contribution >= 4 is 38.7 Å². The first-order valence-corrected chi connectivity index (χ1v) is 27.5. The number of anilines is 4. The Labute approximate surface area is 460 Å². The minimum Gasteiger partial charge on any atom is -0.398 e. The van der Waals surface area contributed by atoms with Crippen LogP contribution in [0, 0.1) is 27.7 Å². The molecule has 0 fully saturated rings. The molecule has 376 valence electrons. The van der Waals surface area contributed by atoms with E-state index in [9.17, 15) is 0 Å². The van der Waals surface area contributed by atoms with Crippen molar-refractivity contribution in [3.8, 4) is 55.6 Å². The SMILES string of the molecule is CC1(C)c2ccccc2-c2ccc(Br)cc21.Cc1cc(-c2ccccc2)cc(C)c1N.Cc1cc(-c2ccccc2)cc(C)c1N(c1ccc2c(c1)C(C)(C)c1ccccc1-2)c1ccc2c(c1)C(C)(C)c1ccccc1-2. The Morgan fingerprint density at radius 3 is 1.03 bits per heavy atom. The molecule has 0 saturated carbocycles. The van der Waals surface area contributed by atoms with Crippen LogP contribution in [0.25, 0.3) is 55.6 Å². The Bertz CT molecular complexity index is 3710. The zero-order valence-corrected chi connectivity index (χ0v) is 47.2. The van der Waals surface area contributed by atoms with Crippen LogP contribution in [-0.4, -0.2) is 0 Å². The van der Waals surface area contributed by atoms with Crippen molar-refractivity contribution in [2.24, 2.45) is 0 Å². The number of nitrogens with two attached hydrogens (primary N) is 1. The van der Waals surface area contributed by atoms with Crippen molar-refractivity contribution in [1.29, 1.82) is 0 Å². The van der Waals surface area contributed by atoms with Gasteiger partial charge in [0.25, 0.3) is 0 Å². The highest BCUT2D eigenvalue weighted by Gasteiger charge is 2.38. The minimum atomic E-state index is -0.0730. The van der Waals surface area contributed by atoms with Crippen molar-refractivity contribution < 1.29 is 0 Å². The van der Waals surface area contributed by atoms with E-state index in [1.807, 2.05) is 6.07 Å². The summed E-state index contributed by atoms with van der Waals surface area (Å²) >= 11 is 3.56. The summed E-state index contributed by atoms with van der Waals surface area (Å²) in [5.41, 5.74) is 36.8. The largest absolute Gasteiger partial charge is 0.398 e. The van der Waals surface area contributed by atoms with Gasteiger partial charge in [-0.1, -0.05) is 209 Å². The molecule has 13 rings (SSSR count). The number of nitrogens with zero attached hydrogens (tertiary/aromatic N) is 1. The van der Waals surface area contributed by atoms with Crippen LogP contribution in [0.15, 0.2) is 217 Å². The van der Waals surface area contributed by atoms with E-state index < -0.39 is 0 Å². The molecule has 3 heteroatoms. The maximum absolute atomic E-state index is 5.93. The molecule has 0 amide bonds. The molecule has 0 aromatic heterocycles. The standard InChI is InChI=1S/C44H39N.C15H13Br.C14H15N/c1-28-24-31(30-14-8-7-9-15-30)25-29(2)42(28)45(32-20-22-36-34-16-10-12-18-38(34)43(3,4)40(36)26-32)33-21-23-37-35-17-11-13-19-39(35)44(5,6)41(37)27-33;1-15(2)13-6-4-3-5-11(13)12-8-7-10(16)9-14(12)15;1-10-8-13(9-11(2)14(10)15)12-6-4-3-5-7-12/h7-27H,1-6H3;3-9H,1-2H3;3-9H,15H2,1-2H3. The summed E-state index contributed by atoms with van der Waals surface area (Å²) in [4.78, 5) is 2.51. The molecular formula is C73H67BrN2. The molecule has 0 heterocycles. The lowest BCUT2D eigenvalue weighted by Gasteiger charge is -2.32. The highest BCUT2D eigenvalue weighted by Crippen LogP contribution is 2.54. The number of rotatable bonds is 5. The molecule has 0 saturated heterocycles. The maximum atomic E-state index is 5.93. The number of hydrogen-bond acceptors (Lipinski definition) is 2. The van der Waals surface area contributed by atoms with E-state index in [-0.39, 0.29) is 16.2 Å². The van der Waals surface area contributed by atoms with Crippen LogP contribution in [0.5, 0.6) is 0 Å². The third-order valence-electron chi connectivity index (χ3n) is 16.7. The normalized spacial score (nSPS) is 14.1. The molecule has 0 unspecified atom stereocenters. The predicted molar refractivity (Wildman–Crippen MR) is 329 cm³/mol. The van der Waals surface area contributed by atoms with Gasteiger partial charge in [-0.15, -0.1) is 0 Å². The summed E-state index contributed by atoms with van der Waals surface area (Å²) in [6.45, 7) is 22.7. The van der Waals surface area contributed by atoms with Gasteiger partial charge in [-0.2, -0.15) is 0 Å². The second-order valence-corrected chi connectivity index (χ2v) is 23.6. The lowest BCUT2D eigenvalue weighted by molar-refractivity contribution is 0.660. The smallest absolute Gasteiger partial charge is 0.0520 e. The van der Waals surface area contributed by atoms with Crippen LogP contribution in [-0.2, 0) is 16.2 Å². The topological polar surface area (TPSA) is 29.3 Å². The molecule has 0 atom stereocenters. The van der Waals surface area contributed by atoms with Gasteiger partial charge in [0.15, 0.2) is 0 Å². The van der Waals surface area contributed by atoms with Gasteiger partial charge in [0.1, 0.15) is 0 Å². The van der Waals surface area contributed by atoms with Crippen LogP contribution in [0.2, 0.25) is 0 Å². The van der Waals surface area contributed by atoms with Crippen molar-refractivity contribution in [1.82, 2.24) is 0 Å². The molecule has 2 nitrogen and oxygen atoms in total. The molecule has 3 aliphatic rings. The molecule has 3 aliphatic carbocycles. The highest BCUT2D eigenvalue weighted by molar-refractivity contribution is 9.10. The summed E-state index contributed by atoms with van der Waals surface area (Å²) in [7, 11) is 0. The third-order valence-corrected chi connectivity index (χ3v) is 17.2. The number of fused-ring (bicyclic) bond motifs is 9. The van der Waals surface area contributed by atoms with Gasteiger partial charge < -0.3 is 10.6 Å². The molecule has 0 aliphatic heterocycles. The van der Waals surface area contributed by atoms with E-state index in [4.69, 9.17) is 5.73 Å². The molecule has 0 bridgehead atoms. The van der Waals surface area contributed by atoms with Gasteiger partial charge in [-0.05, 0) is 200 Å². The average Bonchev–Trinajstić information content (AvgIpc) is 3.91. The fourth-order valence-electron chi connectivity index (χ4n) is 12.6. The quantitative estimate of drug-likeness (QED) is 0.174. The predicted octanol–water partition coefficient (Wildman–Crippen LogP) is 20.4. The lowest BCUT2D eigenvalue weighted by atomic mass is 9.82. The van der Waals surface area contributed by atoms with Gasteiger partial charge in [-0.3, -0.25) is 0 Å². The van der Waals surface area contributed by atoms with Crippen molar-refractivity contribution in [3.63, 3.8) is 0 Å². The molecule has 2 N–H and O–H groups in total. The number of hydrogen-bond donors (Lipinski definition) is 1. The third kappa shape index (κ3) is 8.69. The highest BCUT2D eigenvalue weighted by atomic mass is 79.9. The minimum absolute atomic E-state index is 0.0730. The van der Waals surface area contributed by atoms with Crippen LogP contribution in [0.4, 0.5) is 22.7 Å². The molecule has 10 aromatic carbocycles. The molecule has 10 aromatic rings. The fourth-order valence-corrected chi connectivity index (χ4v) is 13.0. The summed E-state index contributed by atoms with van der Waals surface area (Å²) in [5, 5.41) is 0. The first-order valence-electron chi connectivity index (χ1n) is 26.7. The number of nitrogen functional groups attached to an aromatic ring is 1. The van der Waals surface area contributed by atoms with E-state index in [0.717, 1.165) is 21.3 Å². The van der Waals surface area contributed by atoms with Gasteiger partial charge in [0.2, 0.25) is 0 Å². The summed E-state index contributed by atoms with van der Waals surface area (Å²) < 4.78 is 1.16. The Balaban J connectivity index is 0.000000161. The maximum Gasteiger partial charge on any atom is 0.0520 e. The van der Waals surface area contributed by atoms with E-state index >= 15 is 0 Å². The summed E-state index contributed by atoms with van der Waals surface area (Å²) in [6.07, 6.45) is 0. The number of benzene rings is 10. The Morgan fingerprint density at radius 1 is 0.316 bits per heavy atom. The van der Waals surface area contributed by atoms with Gasteiger partial charge >= 0.3 is 0 Å². The van der Waals surface area contributed by atoms with E-state index in [1.165, 1.54) is 117 Å². The molecular weight excluding hydrogens is 985 g/mol.